The maximum Gasteiger partial charge on any atom is 0.324 e. The van der Waals surface area contributed by atoms with Crippen molar-refractivity contribution in [1.29, 1.82) is 0 Å². The summed E-state index contributed by atoms with van der Waals surface area (Å²) in [7, 11) is 0. The lowest BCUT2D eigenvalue weighted by Crippen LogP contribution is -2.32. The summed E-state index contributed by atoms with van der Waals surface area (Å²) in [5.74, 6) is 1.47. The number of aromatic nitrogens is 5. The molecule has 10 heteroatoms. The zero-order valence-corrected chi connectivity index (χ0v) is 17.8. The fraction of sp³-hybridized carbons (Fsp3) is 0.217. The molecule has 6 rings (SSSR count). The van der Waals surface area contributed by atoms with Crippen molar-refractivity contribution >= 4 is 34.2 Å². The number of H-pyrrole nitrogens is 2. The number of benzene rings is 2. The number of imidazole rings is 1. The van der Waals surface area contributed by atoms with Crippen LogP contribution in [0.2, 0.25) is 0 Å². The first-order chi connectivity index (χ1) is 16.1. The molecule has 0 saturated heterocycles. The third kappa shape index (κ3) is 3.75. The molecule has 0 atom stereocenters. The van der Waals surface area contributed by atoms with Crippen LogP contribution in [0, 0.1) is 0 Å². The van der Waals surface area contributed by atoms with Gasteiger partial charge in [0.2, 0.25) is 11.6 Å². The van der Waals surface area contributed by atoms with E-state index < -0.39 is 0 Å². The van der Waals surface area contributed by atoms with Crippen molar-refractivity contribution in [1.82, 2.24) is 24.6 Å². The van der Waals surface area contributed by atoms with Crippen LogP contribution < -0.4 is 27.8 Å². The van der Waals surface area contributed by atoms with E-state index in [-0.39, 0.29) is 11.5 Å². The van der Waals surface area contributed by atoms with Gasteiger partial charge in [0.25, 0.3) is 0 Å². The lowest BCUT2D eigenvalue weighted by atomic mass is 10.0. The summed E-state index contributed by atoms with van der Waals surface area (Å²) in [4.78, 5) is 31.0. The summed E-state index contributed by atoms with van der Waals surface area (Å²) in [6.07, 6.45) is 3.96. The predicted molar refractivity (Wildman–Crippen MR) is 128 cm³/mol. The topological polar surface area (TPSA) is 142 Å². The number of nitrogens with two attached hydrogens (primary N) is 1. The molecule has 33 heavy (non-hydrogen) atoms. The molecule has 1 aliphatic heterocycles. The van der Waals surface area contributed by atoms with E-state index in [1.165, 1.54) is 10.8 Å². The van der Waals surface area contributed by atoms with Gasteiger partial charge in [-0.1, -0.05) is 42.5 Å². The first kappa shape index (κ1) is 19.4. The molecule has 1 saturated carbocycles. The molecule has 0 spiro atoms. The average Bonchev–Trinajstić information content (AvgIpc) is 3.46. The Hall–Kier alpha value is -4.34. The van der Waals surface area contributed by atoms with Crippen molar-refractivity contribution in [2.24, 2.45) is 4.99 Å². The smallest absolute Gasteiger partial charge is 0.324 e. The number of aromatic amines is 2. The molecule has 0 amide bonds. The Morgan fingerprint density at radius 2 is 2.00 bits per heavy atom. The molecule has 4 aromatic rings. The lowest BCUT2D eigenvalue weighted by Gasteiger charge is -2.10. The van der Waals surface area contributed by atoms with E-state index >= 15 is 0 Å². The number of nitrogen functional groups attached to an aromatic ring is 1. The maximum absolute atomic E-state index is 11.6. The lowest BCUT2D eigenvalue weighted by molar-refractivity contribution is 0.740. The van der Waals surface area contributed by atoms with Crippen LogP contribution in [-0.2, 0) is 6.54 Å². The van der Waals surface area contributed by atoms with Crippen molar-refractivity contribution in [2.75, 3.05) is 23.0 Å². The van der Waals surface area contributed by atoms with E-state index in [0.717, 1.165) is 24.0 Å². The second kappa shape index (κ2) is 7.66. The molecule has 0 unspecified atom stereocenters. The Labute approximate surface area is 188 Å². The summed E-state index contributed by atoms with van der Waals surface area (Å²) in [6, 6.07) is 14.9. The number of fused-ring (bicyclic) bond motifs is 2. The Morgan fingerprint density at radius 3 is 2.82 bits per heavy atom. The van der Waals surface area contributed by atoms with Gasteiger partial charge in [0.05, 0.1) is 18.3 Å². The van der Waals surface area contributed by atoms with Gasteiger partial charge in [0, 0.05) is 12.1 Å². The average molecular weight is 441 g/mol. The van der Waals surface area contributed by atoms with Crippen LogP contribution in [-0.4, -0.2) is 37.2 Å². The third-order valence-corrected chi connectivity index (χ3v) is 5.81. The van der Waals surface area contributed by atoms with Crippen molar-refractivity contribution < 1.29 is 0 Å². The van der Waals surface area contributed by atoms with Gasteiger partial charge < -0.3 is 21.5 Å². The Balaban J connectivity index is 1.38. The fourth-order valence-corrected chi connectivity index (χ4v) is 3.99. The maximum atomic E-state index is 11.6. The second-order valence-electron chi connectivity index (χ2n) is 8.27. The van der Waals surface area contributed by atoms with Crippen LogP contribution >= 0.6 is 0 Å². The van der Waals surface area contributed by atoms with E-state index in [4.69, 9.17) is 15.7 Å². The Morgan fingerprint density at radius 1 is 1.15 bits per heavy atom. The first-order valence-corrected chi connectivity index (χ1v) is 10.9. The summed E-state index contributed by atoms with van der Waals surface area (Å²) in [5.41, 5.74) is 12.0. The minimum absolute atomic E-state index is 0.289. The summed E-state index contributed by atoms with van der Waals surface area (Å²) < 4.78 is 1.80. The SMILES string of the molecule is Nc1[nH]c(=O)[nH]c1C=C1CNn2c1nc(NCc1cccc3ccccc13)nc2=NC1CC1. The van der Waals surface area contributed by atoms with Crippen molar-refractivity contribution in [3.05, 3.63) is 75.6 Å². The highest BCUT2D eigenvalue weighted by Crippen LogP contribution is 2.24. The number of hydrogen-bond acceptors (Lipinski definition) is 7. The van der Waals surface area contributed by atoms with Gasteiger partial charge in [0.15, 0.2) is 5.82 Å². The number of nitrogens with one attached hydrogen (secondary N) is 4. The molecule has 2 aromatic heterocycles. The van der Waals surface area contributed by atoms with Crippen LogP contribution in [0.25, 0.3) is 22.4 Å². The highest BCUT2D eigenvalue weighted by Gasteiger charge is 2.24. The van der Waals surface area contributed by atoms with Gasteiger partial charge in [-0.25, -0.2) is 14.5 Å². The van der Waals surface area contributed by atoms with E-state index in [1.807, 2.05) is 18.2 Å². The third-order valence-electron chi connectivity index (χ3n) is 5.81. The van der Waals surface area contributed by atoms with E-state index in [1.54, 1.807) is 4.68 Å². The highest BCUT2D eigenvalue weighted by molar-refractivity contribution is 5.86. The zero-order chi connectivity index (χ0) is 22.4. The molecule has 10 nitrogen and oxygen atoms in total. The Kier molecular flexibility index (Phi) is 4.49. The van der Waals surface area contributed by atoms with Crippen LogP contribution in [0.3, 0.4) is 0 Å². The number of rotatable bonds is 5. The largest absolute Gasteiger partial charge is 0.383 e. The van der Waals surface area contributed by atoms with Gasteiger partial charge in [-0.05, 0) is 35.3 Å². The molecule has 166 valence electrons. The highest BCUT2D eigenvalue weighted by atomic mass is 16.1. The predicted octanol–water partition coefficient (Wildman–Crippen LogP) is 1.80. The molecular formula is C23H23N9O. The molecule has 6 N–H and O–H groups in total. The van der Waals surface area contributed by atoms with Crippen molar-refractivity contribution in [2.45, 2.75) is 25.4 Å². The van der Waals surface area contributed by atoms with Gasteiger partial charge in [-0.15, -0.1) is 0 Å². The van der Waals surface area contributed by atoms with Crippen LogP contribution in [0.1, 0.15) is 29.9 Å². The minimum atomic E-state index is -0.345. The van der Waals surface area contributed by atoms with Crippen molar-refractivity contribution in [3.63, 3.8) is 0 Å². The van der Waals surface area contributed by atoms with Crippen LogP contribution in [0.15, 0.2) is 52.3 Å². The normalized spacial score (nSPS) is 16.8. The summed E-state index contributed by atoms with van der Waals surface area (Å²) in [6.45, 7) is 1.10. The van der Waals surface area contributed by atoms with Crippen LogP contribution in [0.4, 0.5) is 11.8 Å². The molecule has 1 fully saturated rings. The van der Waals surface area contributed by atoms with E-state index in [2.05, 4.69) is 56.0 Å². The van der Waals surface area contributed by atoms with Gasteiger partial charge in [-0.3, -0.25) is 4.98 Å². The van der Waals surface area contributed by atoms with Gasteiger partial charge >= 0.3 is 5.69 Å². The molecular weight excluding hydrogens is 418 g/mol. The molecule has 3 heterocycles. The van der Waals surface area contributed by atoms with E-state index in [0.29, 0.717) is 42.2 Å². The first-order valence-electron chi connectivity index (χ1n) is 10.9. The molecule has 2 aromatic carbocycles. The Bertz CT molecular complexity index is 1520. The van der Waals surface area contributed by atoms with Gasteiger partial charge in [0.1, 0.15) is 5.82 Å². The van der Waals surface area contributed by atoms with Gasteiger partial charge in [-0.2, -0.15) is 9.97 Å². The summed E-state index contributed by atoms with van der Waals surface area (Å²) >= 11 is 0. The number of anilines is 2. The monoisotopic (exact) mass is 441 g/mol. The molecule has 0 radical (unpaired) electrons. The summed E-state index contributed by atoms with van der Waals surface area (Å²) in [5, 5.41) is 5.77. The van der Waals surface area contributed by atoms with Crippen LogP contribution in [0.5, 0.6) is 0 Å². The molecule has 1 aliphatic carbocycles. The molecule has 2 aliphatic rings. The second-order valence-corrected chi connectivity index (χ2v) is 8.27. The number of nitrogens with zero attached hydrogens (tertiary/aromatic N) is 4. The molecule has 0 bridgehead atoms. The standard InChI is InChI=1S/C23H23N9O/c24-19-18(28-23(33)29-19)10-15-12-26-32-20(15)30-21(31-22(32)27-16-8-9-16)25-11-14-6-3-5-13-4-1-2-7-17(13)14/h1-7,10,16,26H,8-9,11-12,24H2,(H,25,27,31)(H2,28,29,33). The zero-order valence-electron chi connectivity index (χ0n) is 17.8. The minimum Gasteiger partial charge on any atom is -0.383 e. The van der Waals surface area contributed by atoms with E-state index in [9.17, 15) is 4.79 Å². The number of hydrogen-bond donors (Lipinski definition) is 5. The van der Waals surface area contributed by atoms with Crippen molar-refractivity contribution in [3.8, 4) is 0 Å². The fourth-order valence-electron chi connectivity index (χ4n) is 3.99. The quantitative estimate of drug-likeness (QED) is 0.320.